The monoisotopic (exact) mass is 305 g/mol. The van der Waals surface area contributed by atoms with E-state index in [0.717, 1.165) is 24.6 Å². The largest absolute Gasteiger partial charge is 0.444 e. The van der Waals surface area contributed by atoms with Crippen LogP contribution in [0.4, 0.5) is 10.6 Å². The third-order valence-electron chi connectivity index (χ3n) is 3.86. The van der Waals surface area contributed by atoms with Crippen molar-refractivity contribution in [3.63, 3.8) is 0 Å². The van der Waals surface area contributed by atoms with Gasteiger partial charge in [0.15, 0.2) is 0 Å². The van der Waals surface area contributed by atoms with Gasteiger partial charge in [0, 0.05) is 31.9 Å². The average molecular weight is 305 g/mol. The first kappa shape index (κ1) is 16.6. The third kappa shape index (κ3) is 3.90. The van der Waals surface area contributed by atoms with E-state index in [1.54, 1.807) is 4.90 Å². The van der Waals surface area contributed by atoms with Crippen molar-refractivity contribution < 1.29 is 9.53 Å². The number of hydrogen-bond donors (Lipinski definition) is 0. The van der Waals surface area contributed by atoms with Gasteiger partial charge in [0.2, 0.25) is 0 Å². The van der Waals surface area contributed by atoms with Crippen molar-refractivity contribution in [2.24, 2.45) is 0 Å². The molecular formula is C17H27N3O2. The molecule has 1 fully saturated rings. The Labute approximate surface area is 133 Å². The highest BCUT2D eigenvalue weighted by Gasteiger charge is 2.26. The number of rotatable bonds is 1. The molecule has 0 aliphatic carbocycles. The molecular weight excluding hydrogens is 278 g/mol. The summed E-state index contributed by atoms with van der Waals surface area (Å²) in [5.74, 6) is 1.03. The SMILES string of the molecule is Cc1cc(C)c(N2CCN(C(=O)OC(C)(C)C)CC2)nc1C. The predicted molar refractivity (Wildman–Crippen MR) is 88.5 cm³/mol. The van der Waals surface area contributed by atoms with Crippen molar-refractivity contribution in [1.82, 2.24) is 9.88 Å². The van der Waals surface area contributed by atoms with Crippen molar-refractivity contribution in [1.29, 1.82) is 0 Å². The zero-order valence-corrected chi connectivity index (χ0v) is 14.6. The molecule has 0 saturated carbocycles. The fraction of sp³-hybridized carbons (Fsp3) is 0.647. The maximum atomic E-state index is 12.1. The standard InChI is InChI=1S/C17H27N3O2/c1-12-11-13(2)15(18-14(12)3)19-7-9-20(10-8-19)16(21)22-17(4,5)6/h11H,7-10H2,1-6H3. The number of aromatic nitrogens is 1. The van der Waals surface area contributed by atoms with Gasteiger partial charge in [-0.2, -0.15) is 0 Å². The molecule has 1 aromatic heterocycles. The Morgan fingerprint density at radius 2 is 1.68 bits per heavy atom. The molecule has 0 spiro atoms. The highest BCUT2D eigenvalue weighted by Crippen LogP contribution is 2.22. The van der Waals surface area contributed by atoms with Crippen molar-refractivity contribution in [2.75, 3.05) is 31.1 Å². The van der Waals surface area contributed by atoms with Crippen molar-refractivity contribution in [3.8, 4) is 0 Å². The highest BCUT2D eigenvalue weighted by molar-refractivity contribution is 5.68. The van der Waals surface area contributed by atoms with Crippen LogP contribution in [-0.4, -0.2) is 47.8 Å². The molecule has 0 bridgehead atoms. The molecule has 1 aliphatic heterocycles. The van der Waals surface area contributed by atoms with Gasteiger partial charge in [0.25, 0.3) is 0 Å². The number of carbonyl (C=O) groups excluding carboxylic acids is 1. The molecule has 0 atom stereocenters. The minimum Gasteiger partial charge on any atom is -0.444 e. The summed E-state index contributed by atoms with van der Waals surface area (Å²) in [7, 11) is 0. The molecule has 0 N–H and O–H groups in total. The first-order valence-corrected chi connectivity index (χ1v) is 7.85. The summed E-state index contributed by atoms with van der Waals surface area (Å²) in [5.41, 5.74) is 3.03. The van der Waals surface area contributed by atoms with Crippen LogP contribution in [0.2, 0.25) is 0 Å². The Morgan fingerprint density at radius 1 is 1.09 bits per heavy atom. The topological polar surface area (TPSA) is 45.7 Å². The number of anilines is 1. The molecule has 1 aliphatic rings. The summed E-state index contributed by atoms with van der Waals surface area (Å²) in [6.07, 6.45) is -0.225. The van der Waals surface area contributed by atoms with Crippen LogP contribution in [0.1, 0.15) is 37.6 Å². The molecule has 0 radical (unpaired) electrons. The quantitative estimate of drug-likeness (QED) is 0.800. The van der Waals surface area contributed by atoms with E-state index < -0.39 is 5.60 Å². The summed E-state index contributed by atoms with van der Waals surface area (Å²) in [6.45, 7) is 14.8. The second kappa shape index (κ2) is 6.15. The normalized spacial score (nSPS) is 15.9. The molecule has 2 rings (SSSR count). The number of ether oxygens (including phenoxy) is 1. The van der Waals surface area contributed by atoms with Gasteiger partial charge in [0.05, 0.1) is 0 Å². The highest BCUT2D eigenvalue weighted by atomic mass is 16.6. The van der Waals surface area contributed by atoms with Gasteiger partial charge >= 0.3 is 6.09 Å². The first-order chi connectivity index (χ1) is 10.2. The number of carbonyl (C=O) groups is 1. The van der Waals surface area contributed by atoms with E-state index in [-0.39, 0.29) is 6.09 Å². The van der Waals surface area contributed by atoms with Gasteiger partial charge in [0.1, 0.15) is 11.4 Å². The molecule has 5 heteroatoms. The van der Waals surface area contributed by atoms with Crippen molar-refractivity contribution >= 4 is 11.9 Å². The lowest BCUT2D eigenvalue weighted by Gasteiger charge is -2.36. The molecule has 22 heavy (non-hydrogen) atoms. The minimum atomic E-state index is -0.444. The molecule has 5 nitrogen and oxygen atoms in total. The smallest absolute Gasteiger partial charge is 0.410 e. The first-order valence-electron chi connectivity index (χ1n) is 7.85. The van der Waals surface area contributed by atoms with Crippen molar-refractivity contribution in [2.45, 2.75) is 47.1 Å². The molecule has 2 heterocycles. The Balaban J connectivity index is 2.01. The summed E-state index contributed by atoms with van der Waals surface area (Å²) in [6, 6.07) is 2.18. The summed E-state index contributed by atoms with van der Waals surface area (Å²) >= 11 is 0. The summed E-state index contributed by atoms with van der Waals surface area (Å²) in [4.78, 5) is 20.8. The van der Waals surface area contributed by atoms with E-state index >= 15 is 0 Å². The van der Waals surface area contributed by atoms with Gasteiger partial charge in [-0.25, -0.2) is 9.78 Å². The Morgan fingerprint density at radius 3 is 2.23 bits per heavy atom. The Bertz CT molecular complexity index is 556. The molecule has 122 valence electrons. The van der Waals surface area contributed by atoms with Crippen LogP contribution < -0.4 is 4.90 Å². The number of aryl methyl sites for hydroxylation is 3. The fourth-order valence-corrected chi connectivity index (χ4v) is 2.58. The second-order valence-electron chi connectivity index (χ2n) is 6.99. The summed E-state index contributed by atoms with van der Waals surface area (Å²) in [5, 5.41) is 0. The summed E-state index contributed by atoms with van der Waals surface area (Å²) < 4.78 is 5.43. The third-order valence-corrected chi connectivity index (χ3v) is 3.86. The Hall–Kier alpha value is -1.78. The van der Waals surface area contributed by atoms with Crippen LogP contribution in [0.3, 0.4) is 0 Å². The zero-order chi connectivity index (χ0) is 16.5. The zero-order valence-electron chi connectivity index (χ0n) is 14.6. The maximum Gasteiger partial charge on any atom is 0.410 e. The lowest BCUT2D eigenvalue weighted by atomic mass is 10.1. The van der Waals surface area contributed by atoms with E-state index in [1.165, 1.54) is 11.1 Å². The molecule has 1 amide bonds. The van der Waals surface area contributed by atoms with E-state index in [2.05, 4.69) is 24.8 Å². The number of pyridine rings is 1. The molecule has 1 aromatic rings. The van der Waals surface area contributed by atoms with E-state index in [9.17, 15) is 4.79 Å². The van der Waals surface area contributed by atoms with E-state index in [4.69, 9.17) is 9.72 Å². The number of piperazine rings is 1. The number of amides is 1. The number of hydrogen-bond acceptors (Lipinski definition) is 4. The molecule has 1 saturated heterocycles. The van der Waals surface area contributed by atoms with Gasteiger partial charge in [-0.05, 0) is 52.7 Å². The maximum absolute atomic E-state index is 12.1. The predicted octanol–water partition coefficient (Wildman–Crippen LogP) is 3.06. The fourth-order valence-electron chi connectivity index (χ4n) is 2.58. The Kier molecular flexibility index (Phi) is 4.63. The van der Waals surface area contributed by atoms with Crippen LogP contribution in [-0.2, 0) is 4.74 Å². The van der Waals surface area contributed by atoms with Gasteiger partial charge in [-0.15, -0.1) is 0 Å². The van der Waals surface area contributed by atoms with Crippen LogP contribution >= 0.6 is 0 Å². The van der Waals surface area contributed by atoms with E-state index in [0.29, 0.717) is 13.1 Å². The molecule has 0 aromatic carbocycles. The lowest BCUT2D eigenvalue weighted by molar-refractivity contribution is 0.0240. The van der Waals surface area contributed by atoms with Crippen LogP contribution in [0, 0.1) is 20.8 Å². The average Bonchev–Trinajstić information content (AvgIpc) is 2.41. The molecule has 0 unspecified atom stereocenters. The second-order valence-corrected chi connectivity index (χ2v) is 6.99. The van der Waals surface area contributed by atoms with Gasteiger partial charge in [-0.3, -0.25) is 0 Å². The van der Waals surface area contributed by atoms with Crippen LogP contribution in [0.25, 0.3) is 0 Å². The van der Waals surface area contributed by atoms with Crippen molar-refractivity contribution in [3.05, 3.63) is 22.9 Å². The minimum absolute atomic E-state index is 0.225. The van der Waals surface area contributed by atoms with E-state index in [1.807, 2.05) is 27.7 Å². The van der Waals surface area contributed by atoms with Gasteiger partial charge in [-0.1, -0.05) is 6.07 Å². The van der Waals surface area contributed by atoms with Gasteiger partial charge < -0.3 is 14.5 Å². The number of nitrogens with zero attached hydrogens (tertiary/aromatic N) is 3. The van der Waals surface area contributed by atoms with Crippen LogP contribution in [0.15, 0.2) is 6.07 Å². The van der Waals surface area contributed by atoms with Crippen LogP contribution in [0.5, 0.6) is 0 Å². The lowest BCUT2D eigenvalue weighted by Crippen LogP contribution is -2.50.